The Morgan fingerprint density at radius 2 is 2.00 bits per heavy atom. The van der Waals surface area contributed by atoms with Gasteiger partial charge in [-0.2, -0.15) is 5.10 Å². The summed E-state index contributed by atoms with van der Waals surface area (Å²) in [5, 5.41) is 8.79. The van der Waals surface area contributed by atoms with E-state index >= 15 is 0 Å². The molecule has 0 N–H and O–H groups in total. The molecule has 0 amide bonds. The Labute approximate surface area is 159 Å². The van der Waals surface area contributed by atoms with Gasteiger partial charge in [-0.1, -0.05) is 12.1 Å². The fourth-order valence-electron chi connectivity index (χ4n) is 2.52. The van der Waals surface area contributed by atoms with Gasteiger partial charge in [-0.15, -0.1) is 22.7 Å². The van der Waals surface area contributed by atoms with Crippen LogP contribution in [0.25, 0.3) is 11.5 Å². The lowest BCUT2D eigenvalue weighted by Crippen LogP contribution is -2.11. The fraction of sp³-hybridized carbons (Fsp3) is 0.100. The molecule has 0 atom stereocenters. The van der Waals surface area contributed by atoms with E-state index in [1.165, 1.54) is 11.1 Å². The number of nitrogens with zero attached hydrogens (tertiary/aromatic N) is 3. The first kappa shape index (κ1) is 16.8. The molecule has 4 aromatic rings. The topological polar surface area (TPSA) is 42.8 Å². The van der Waals surface area contributed by atoms with E-state index in [0.717, 1.165) is 26.8 Å². The zero-order chi connectivity index (χ0) is 17.9. The fourth-order valence-corrected chi connectivity index (χ4v) is 4.14. The van der Waals surface area contributed by atoms with Gasteiger partial charge in [0.2, 0.25) is 4.80 Å². The third kappa shape index (κ3) is 3.47. The summed E-state index contributed by atoms with van der Waals surface area (Å²) in [6.07, 6.45) is 3.55. The largest absolute Gasteiger partial charge is 0.463 e. The average Bonchev–Trinajstić information content (AvgIpc) is 3.35. The van der Waals surface area contributed by atoms with Crippen LogP contribution < -0.4 is 4.80 Å². The van der Waals surface area contributed by atoms with Gasteiger partial charge in [-0.25, -0.2) is 9.67 Å². The molecule has 26 heavy (non-hydrogen) atoms. The number of furan rings is 1. The summed E-state index contributed by atoms with van der Waals surface area (Å²) in [7, 11) is 0. The Hall–Kier alpha value is -2.70. The maximum absolute atomic E-state index is 5.58. The summed E-state index contributed by atoms with van der Waals surface area (Å²) >= 11 is 3.22. The summed E-state index contributed by atoms with van der Waals surface area (Å²) < 4.78 is 7.41. The van der Waals surface area contributed by atoms with Crippen LogP contribution >= 0.6 is 22.7 Å². The van der Waals surface area contributed by atoms with Crippen molar-refractivity contribution in [2.24, 2.45) is 10.1 Å². The molecule has 0 saturated carbocycles. The van der Waals surface area contributed by atoms with Gasteiger partial charge in [0, 0.05) is 5.38 Å². The molecule has 0 spiro atoms. The number of thiophene rings is 1. The Kier molecular flexibility index (Phi) is 4.69. The van der Waals surface area contributed by atoms with E-state index in [2.05, 4.69) is 37.4 Å². The van der Waals surface area contributed by atoms with Crippen molar-refractivity contribution in [1.29, 1.82) is 0 Å². The summed E-state index contributed by atoms with van der Waals surface area (Å²) in [4.78, 5) is 6.72. The highest BCUT2D eigenvalue weighted by Gasteiger charge is 2.10. The minimum absolute atomic E-state index is 0.770. The van der Waals surface area contributed by atoms with Crippen molar-refractivity contribution in [3.63, 3.8) is 0 Å². The van der Waals surface area contributed by atoms with Crippen LogP contribution in [0.4, 0.5) is 5.69 Å². The van der Waals surface area contributed by atoms with Crippen LogP contribution in [0.5, 0.6) is 0 Å². The molecule has 0 unspecified atom stereocenters. The lowest BCUT2D eigenvalue weighted by molar-refractivity contribution is 0.575. The zero-order valence-corrected chi connectivity index (χ0v) is 16.1. The highest BCUT2D eigenvalue weighted by atomic mass is 32.1. The van der Waals surface area contributed by atoms with E-state index in [1.807, 2.05) is 40.5 Å². The molecule has 4 nitrogen and oxygen atoms in total. The van der Waals surface area contributed by atoms with Gasteiger partial charge in [0.05, 0.1) is 23.0 Å². The van der Waals surface area contributed by atoms with Gasteiger partial charge in [0.25, 0.3) is 0 Å². The molecular formula is C20H17N3OS2. The molecule has 0 fully saturated rings. The summed E-state index contributed by atoms with van der Waals surface area (Å²) in [5.74, 6) is 0.770. The van der Waals surface area contributed by atoms with Crippen molar-refractivity contribution >= 4 is 34.6 Å². The predicted octanol–water partition coefficient (Wildman–Crippen LogP) is 5.60. The Balaban J connectivity index is 1.84. The van der Waals surface area contributed by atoms with Crippen LogP contribution in [-0.2, 0) is 0 Å². The minimum atomic E-state index is 0.770. The van der Waals surface area contributed by atoms with Gasteiger partial charge in [-0.3, -0.25) is 0 Å². The molecule has 0 aliphatic heterocycles. The van der Waals surface area contributed by atoms with Crippen LogP contribution in [0.1, 0.15) is 16.0 Å². The maximum atomic E-state index is 5.58. The lowest BCUT2D eigenvalue weighted by atomic mass is 10.2. The Morgan fingerprint density at radius 1 is 1.08 bits per heavy atom. The van der Waals surface area contributed by atoms with E-state index in [9.17, 15) is 0 Å². The lowest BCUT2D eigenvalue weighted by Gasteiger charge is -2.01. The molecule has 3 heterocycles. The van der Waals surface area contributed by atoms with Gasteiger partial charge in [0.15, 0.2) is 5.76 Å². The number of aromatic nitrogens is 1. The molecule has 3 aromatic heterocycles. The first-order valence-electron chi connectivity index (χ1n) is 8.15. The first-order chi connectivity index (χ1) is 12.7. The van der Waals surface area contributed by atoms with E-state index < -0.39 is 0 Å². The standard InChI is InChI=1S/C20H17N3OS2/c1-14-5-3-6-16(11-14)22-20-23(21-12-19-15(2)8-10-25-19)17(13-26-20)18-7-4-9-24-18/h3-13H,1-2H3. The highest BCUT2D eigenvalue weighted by Crippen LogP contribution is 2.22. The summed E-state index contributed by atoms with van der Waals surface area (Å²) in [6.45, 7) is 4.15. The van der Waals surface area contributed by atoms with Crippen LogP contribution in [0.15, 0.2) is 74.0 Å². The molecule has 0 radical (unpaired) electrons. The van der Waals surface area contributed by atoms with E-state index in [-0.39, 0.29) is 0 Å². The van der Waals surface area contributed by atoms with E-state index in [4.69, 9.17) is 14.5 Å². The first-order valence-corrected chi connectivity index (χ1v) is 9.91. The van der Waals surface area contributed by atoms with Crippen molar-refractivity contribution < 1.29 is 4.42 Å². The summed E-state index contributed by atoms with van der Waals surface area (Å²) in [5.41, 5.74) is 4.19. The number of hydrogen-bond donors (Lipinski definition) is 0. The smallest absolute Gasteiger partial charge is 0.211 e. The molecular weight excluding hydrogens is 362 g/mol. The Morgan fingerprint density at radius 3 is 2.73 bits per heavy atom. The van der Waals surface area contributed by atoms with Gasteiger partial charge in [-0.05, 0) is 60.7 Å². The molecule has 4 rings (SSSR count). The van der Waals surface area contributed by atoms with E-state index in [1.54, 1.807) is 28.9 Å². The van der Waals surface area contributed by atoms with Crippen LogP contribution in [0, 0.1) is 13.8 Å². The third-order valence-electron chi connectivity index (χ3n) is 3.88. The number of rotatable bonds is 4. The average molecular weight is 380 g/mol. The molecule has 1 aromatic carbocycles. The monoisotopic (exact) mass is 379 g/mol. The van der Waals surface area contributed by atoms with Crippen molar-refractivity contribution in [1.82, 2.24) is 4.68 Å². The van der Waals surface area contributed by atoms with Crippen molar-refractivity contribution in [3.05, 3.63) is 80.3 Å². The van der Waals surface area contributed by atoms with Crippen LogP contribution in [0.3, 0.4) is 0 Å². The minimum Gasteiger partial charge on any atom is -0.463 e. The second-order valence-corrected chi connectivity index (χ2v) is 7.64. The van der Waals surface area contributed by atoms with Crippen LogP contribution in [0.2, 0.25) is 0 Å². The third-order valence-corrected chi connectivity index (χ3v) is 5.65. The summed E-state index contributed by atoms with van der Waals surface area (Å²) in [6, 6.07) is 14.0. The number of benzene rings is 1. The number of hydrogen-bond acceptors (Lipinski definition) is 5. The Bertz CT molecular complexity index is 1110. The zero-order valence-electron chi connectivity index (χ0n) is 14.4. The van der Waals surface area contributed by atoms with Gasteiger partial charge < -0.3 is 4.42 Å². The molecule has 0 saturated heterocycles. The predicted molar refractivity (Wildman–Crippen MR) is 108 cm³/mol. The normalized spacial score (nSPS) is 12.3. The van der Waals surface area contributed by atoms with Crippen molar-refractivity contribution in [2.75, 3.05) is 0 Å². The molecule has 130 valence electrons. The maximum Gasteiger partial charge on any atom is 0.211 e. The second-order valence-electron chi connectivity index (χ2n) is 5.86. The second kappa shape index (κ2) is 7.27. The molecule has 6 heteroatoms. The molecule has 0 aliphatic carbocycles. The quantitative estimate of drug-likeness (QED) is 0.425. The van der Waals surface area contributed by atoms with Crippen LogP contribution in [-0.4, -0.2) is 10.9 Å². The van der Waals surface area contributed by atoms with E-state index in [0.29, 0.717) is 0 Å². The SMILES string of the molecule is Cc1cccc(N=c2scc(-c3ccco3)n2N=Cc2sccc2C)c1. The number of thiazole rings is 1. The van der Waals surface area contributed by atoms with Gasteiger partial charge in [0.1, 0.15) is 5.69 Å². The van der Waals surface area contributed by atoms with Crippen molar-refractivity contribution in [3.8, 4) is 11.5 Å². The van der Waals surface area contributed by atoms with Gasteiger partial charge >= 0.3 is 0 Å². The highest BCUT2D eigenvalue weighted by molar-refractivity contribution is 7.11. The van der Waals surface area contributed by atoms with Crippen molar-refractivity contribution in [2.45, 2.75) is 13.8 Å². The number of aryl methyl sites for hydroxylation is 2. The molecule has 0 aliphatic rings. The molecule has 0 bridgehead atoms.